The van der Waals surface area contributed by atoms with Crippen LogP contribution in [0.4, 0.5) is 0 Å². The summed E-state index contributed by atoms with van der Waals surface area (Å²) in [5.74, 6) is 3.13. The second kappa shape index (κ2) is 9.49. The number of hydrogen-bond donors (Lipinski definition) is 2. The van der Waals surface area contributed by atoms with Crippen molar-refractivity contribution < 1.29 is 0 Å². The molecule has 0 fully saturated rings. The normalized spacial score (nSPS) is 11.4. The predicted molar refractivity (Wildman–Crippen MR) is 120 cm³/mol. The zero-order chi connectivity index (χ0) is 20.8. The maximum Gasteiger partial charge on any atom is 0.205 e. The molecule has 0 aliphatic heterocycles. The van der Waals surface area contributed by atoms with Crippen LogP contribution in [0.2, 0.25) is 0 Å². The number of nitrogens with one attached hydrogen (secondary N) is 1. The number of aryl methyl sites for hydroxylation is 1. The van der Waals surface area contributed by atoms with Gasteiger partial charge in [-0.15, -0.1) is 10.2 Å². The molecule has 0 radical (unpaired) electrons. The molecular weight excluding hydrogens is 394 g/mol. The van der Waals surface area contributed by atoms with Gasteiger partial charge in [0.2, 0.25) is 5.82 Å². The average Bonchev–Trinajstić information content (AvgIpc) is 3.44. The Bertz CT molecular complexity index is 1110. The van der Waals surface area contributed by atoms with E-state index in [0.29, 0.717) is 5.82 Å². The van der Waals surface area contributed by atoms with Crippen molar-refractivity contribution in [2.75, 3.05) is 5.75 Å². The lowest BCUT2D eigenvalue weighted by Crippen LogP contribution is -2.05. The number of allylic oxidation sites excluding steroid dienone is 2. The van der Waals surface area contributed by atoms with E-state index in [4.69, 9.17) is 4.98 Å². The van der Waals surface area contributed by atoms with Crippen LogP contribution >= 0.6 is 12.6 Å². The highest BCUT2D eigenvalue weighted by Gasteiger charge is 2.12. The third kappa shape index (κ3) is 4.49. The van der Waals surface area contributed by atoms with Gasteiger partial charge in [-0.25, -0.2) is 9.67 Å². The number of tetrazole rings is 1. The summed E-state index contributed by atoms with van der Waals surface area (Å²) < 4.78 is 1.97. The Balaban J connectivity index is 1.59. The molecule has 152 valence electrons. The number of thiol groups is 1. The maximum atomic E-state index is 4.72. The monoisotopic (exact) mass is 417 g/mol. The highest BCUT2D eigenvalue weighted by Crippen LogP contribution is 2.29. The largest absolute Gasteiger partial charge is 0.246 e. The summed E-state index contributed by atoms with van der Waals surface area (Å²) >= 11 is 4.30. The van der Waals surface area contributed by atoms with Crippen molar-refractivity contribution in [1.29, 1.82) is 0 Å². The van der Waals surface area contributed by atoms with Crippen LogP contribution in [0.3, 0.4) is 0 Å². The third-order valence-corrected chi connectivity index (χ3v) is 5.01. The number of aromatic amines is 1. The number of benzene rings is 2. The molecular formula is C22H23N7S. The average molecular weight is 418 g/mol. The molecule has 1 N–H and O–H groups in total. The van der Waals surface area contributed by atoms with Gasteiger partial charge in [0.1, 0.15) is 5.82 Å². The molecule has 0 saturated heterocycles. The van der Waals surface area contributed by atoms with Crippen molar-refractivity contribution in [3.63, 3.8) is 0 Å². The van der Waals surface area contributed by atoms with Gasteiger partial charge in [0.15, 0.2) is 5.82 Å². The van der Waals surface area contributed by atoms with Crippen LogP contribution in [-0.4, -0.2) is 41.1 Å². The van der Waals surface area contributed by atoms with Gasteiger partial charge in [0, 0.05) is 18.4 Å². The molecule has 4 aromatic rings. The lowest BCUT2D eigenvalue weighted by molar-refractivity contribution is 0.653. The molecule has 0 bridgehead atoms. The number of hydrogen-bond acceptors (Lipinski definition) is 6. The molecule has 0 unspecified atom stereocenters. The number of H-pyrrole nitrogens is 1. The molecule has 0 saturated carbocycles. The van der Waals surface area contributed by atoms with E-state index in [-0.39, 0.29) is 0 Å². The van der Waals surface area contributed by atoms with Crippen molar-refractivity contribution in [3.05, 3.63) is 77.9 Å². The zero-order valence-electron chi connectivity index (χ0n) is 16.7. The van der Waals surface area contributed by atoms with E-state index in [9.17, 15) is 0 Å². The van der Waals surface area contributed by atoms with Crippen LogP contribution < -0.4 is 0 Å². The highest BCUT2D eigenvalue weighted by molar-refractivity contribution is 7.80. The summed E-state index contributed by atoms with van der Waals surface area (Å²) in [6.07, 6.45) is 5.61. The summed E-state index contributed by atoms with van der Waals surface area (Å²) in [7, 11) is 0. The van der Waals surface area contributed by atoms with Crippen LogP contribution in [-0.2, 0) is 19.4 Å². The van der Waals surface area contributed by atoms with E-state index in [1.165, 1.54) is 5.56 Å². The van der Waals surface area contributed by atoms with Crippen LogP contribution in [0.1, 0.15) is 24.1 Å². The first-order valence-corrected chi connectivity index (χ1v) is 10.5. The van der Waals surface area contributed by atoms with Gasteiger partial charge < -0.3 is 0 Å². The molecule has 0 aliphatic carbocycles. The summed E-state index contributed by atoms with van der Waals surface area (Å²) in [6, 6.07) is 16.6. The van der Waals surface area contributed by atoms with Gasteiger partial charge in [-0.05, 0) is 34.6 Å². The molecule has 0 aliphatic rings. The Labute approximate surface area is 180 Å². The minimum Gasteiger partial charge on any atom is -0.246 e. The van der Waals surface area contributed by atoms with E-state index < -0.39 is 0 Å². The number of nitrogens with zero attached hydrogens (tertiary/aromatic N) is 6. The lowest BCUT2D eigenvalue weighted by Gasteiger charge is -2.08. The van der Waals surface area contributed by atoms with Crippen molar-refractivity contribution in [1.82, 2.24) is 35.4 Å². The van der Waals surface area contributed by atoms with E-state index in [2.05, 4.69) is 74.8 Å². The molecule has 4 rings (SSSR count). The second-order valence-electron chi connectivity index (χ2n) is 6.82. The number of aromatic nitrogens is 7. The topological polar surface area (TPSA) is 85.2 Å². The smallest absolute Gasteiger partial charge is 0.205 e. The molecule has 0 atom stereocenters. The Kier molecular flexibility index (Phi) is 6.34. The van der Waals surface area contributed by atoms with Crippen molar-refractivity contribution in [3.8, 4) is 22.5 Å². The van der Waals surface area contributed by atoms with Crippen LogP contribution in [0.25, 0.3) is 22.5 Å². The minimum atomic E-state index is 0.587. The Morgan fingerprint density at radius 2 is 1.87 bits per heavy atom. The predicted octanol–water partition coefficient (Wildman–Crippen LogP) is 3.76. The zero-order valence-corrected chi connectivity index (χ0v) is 17.6. The van der Waals surface area contributed by atoms with E-state index in [0.717, 1.165) is 53.5 Å². The maximum absolute atomic E-state index is 4.72. The fourth-order valence-corrected chi connectivity index (χ4v) is 3.50. The molecule has 2 heterocycles. The lowest BCUT2D eigenvalue weighted by atomic mass is 9.98. The summed E-state index contributed by atoms with van der Waals surface area (Å²) in [5.41, 5.74) is 4.30. The van der Waals surface area contributed by atoms with Crippen molar-refractivity contribution in [2.24, 2.45) is 0 Å². The Hall–Kier alpha value is -3.26. The van der Waals surface area contributed by atoms with Crippen LogP contribution in [0.15, 0.2) is 60.7 Å². The SMILES string of the molecule is CC=CCn1nc(CCS)nc1Cc1ccc(-c2ccccc2-c2nn[nH]n2)cc1. The first-order chi connectivity index (χ1) is 14.8. The van der Waals surface area contributed by atoms with Gasteiger partial charge in [-0.2, -0.15) is 22.9 Å². The molecule has 7 nitrogen and oxygen atoms in total. The van der Waals surface area contributed by atoms with Crippen molar-refractivity contribution in [2.45, 2.75) is 26.3 Å². The fourth-order valence-electron chi connectivity index (χ4n) is 3.30. The van der Waals surface area contributed by atoms with Gasteiger partial charge in [0.05, 0.1) is 6.54 Å². The van der Waals surface area contributed by atoms with Crippen LogP contribution in [0, 0.1) is 0 Å². The molecule has 30 heavy (non-hydrogen) atoms. The minimum absolute atomic E-state index is 0.587. The van der Waals surface area contributed by atoms with Crippen LogP contribution in [0.5, 0.6) is 0 Å². The molecule has 0 spiro atoms. The Morgan fingerprint density at radius 1 is 1.07 bits per heavy atom. The van der Waals surface area contributed by atoms with Gasteiger partial charge in [-0.1, -0.05) is 60.7 Å². The quantitative estimate of drug-likeness (QED) is 0.337. The molecule has 0 amide bonds. The first kappa shape index (κ1) is 20.0. The van der Waals surface area contributed by atoms with E-state index >= 15 is 0 Å². The molecule has 2 aromatic heterocycles. The van der Waals surface area contributed by atoms with Crippen molar-refractivity contribution >= 4 is 12.6 Å². The molecule has 2 aromatic carbocycles. The fraction of sp³-hybridized carbons (Fsp3) is 0.227. The Morgan fingerprint density at radius 3 is 2.57 bits per heavy atom. The first-order valence-electron chi connectivity index (χ1n) is 9.85. The standard InChI is InChI=1S/C22H23N7S/c1-2-3-13-29-21(23-20(26-29)12-14-30)15-16-8-10-17(11-9-16)18-6-4-5-7-19(18)22-24-27-28-25-22/h2-11,30H,12-15H2,1H3,(H,24,25,27,28). The second-order valence-corrected chi connectivity index (χ2v) is 7.27. The third-order valence-electron chi connectivity index (χ3n) is 4.78. The summed E-state index contributed by atoms with van der Waals surface area (Å²) in [5, 5.41) is 19.1. The van der Waals surface area contributed by atoms with Gasteiger partial charge in [-0.3, -0.25) is 0 Å². The summed E-state index contributed by atoms with van der Waals surface area (Å²) in [4.78, 5) is 4.72. The highest BCUT2D eigenvalue weighted by atomic mass is 32.1. The number of rotatable bonds is 8. The van der Waals surface area contributed by atoms with E-state index in [1.54, 1.807) is 0 Å². The van der Waals surface area contributed by atoms with Gasteiger partial charge in [0.25, 0.3) is 0 Å². The summed E-state index contributed by atoms with van der Waals surface area (Å²) in [6.45, 7) is 2.73. The molecule has 8 heteroatoms. The van der Waals surface area contributed by atoms with E-state index in [1.807, 2.05) is 35.9 Å². The van der Waals surface area contributed by atoms with Gasteiger partial charge >= 0.3 is 0 Å².